The lowest BCUT2D eigenvalue weighted by Gasteiger charge is -2.16. The number of ether oxygens (including phenoxy) is 1. The van der Waals surface area contributed by atoms with E-state index in [0.717, 1.165) is 0 Å². The molecule has 0 fully saturated rings. The van der Waals surface area contributed by atoms with Crippen LogP contribution in [0.4, 0.5) is 5.69 Å². The van der Waals surface area contributed by atoms with E-state index in [0.29, 0.717) is 15.7 Å². The van der Waals surface area contributed by atoms with E-state index in [2.05, 4.69) is 10.0 Å². The highest BCUT2D eigenvalue weighted by molar-refractivity contribution is 7.89. The highest BCUT2D eigenvalue weighted by Crippen LogP contribution is 2.27. The number of sulfonamides is 1. The molecule has 0 saturated heterocycles. The van der Waals surface area contributed by atoms with Gasteiger partial charge < -0.3 is 10.1 Å². The fourth-order valence-corrected chi connectivity index (χ4v) is 4.25. The van der Waals surface area contributed by atoms with Crippen LogP contribution >= 0.6 is 34.8 Å². The summed E-state index contributed by atoms with van der Waals surface area (Å²) in [5.74, 6) is -0.482. The summed E-state index contributed by atoms with van der Waals surface area (Å²) in [7, 11) is -2.72. The smallest absolute Gasteiger partial charge is 0.245 e. The molecule has 2 aromatic rings. The predicted octanol–water partition coefficient (Wildman–Crippen LogP) is 3.96. The minimum atomic E-state index is -4.05. The first-order chi connectivity index (χ1) is 12.1. The quantitative estimate of drug-likeness (QED) is 0.716. The summed E-state index contributed by atoms with van der Waals surface area (Å²) in [4.78, 5) is 12.1. The van der Waals surface area contributed by atoms with Gasteiger partial charge in [0.2, 0.25) is 15.9 Å². The molecule has 0 aliphatic carbocycles. The summed E-state index contributed by atoms with van der Waals surface area (Å²) in [6, 6.07) is 7.58. The van der Waals surface area contributed by atoms with Crippen molar-refractivity contribution in [1.82, 2.24) is 4.72 Å². The number of carbonyl (C=O) groups excluding carboxylic acids is 1. The molecule has 0 bridgehead atoms. The lowest BCUT2D eigenvalue weighted by Crippen LogP contribution is -2.41. The molecule has 0 saturated carbocycles. The lowest BCUT2D eigenvalue weighted by atomic mass is 10.3. The van der Waals surface area contributed by atoms with Gasteiger partial charge in [-0.15, -0.1) is 0 Å². The van der Waals surface area contributed by atoms with Crippen LogP contribution in [0.3, 0.4) is 0 Å². The van der Waals surface area contributed by atoms with Crippen molar-refractivity contribution in [2.24, 2.45) is 0 Å². The van der Waals surface area contributed by atoms with Gasteiger partial charge in [0.1, 0.15) is 10.6 Å². The third kappa shape index (κ3) is 5.25. The Morgan fingerprint density at radius 1 is 1.04 bits per heavy atom. The monoisotopic (exact) mass is 436 g/mol. The third-order valence-electron chi connectivity index (χ3n) is 3.27. The van der Waals surface area contributed by atoms with Crippen LogP contribution in [0.2, 0.25) is 15.1 Å². The summed E-state index contributed by atoms with van der Waals surface area (Å²) in [6.07, 6.45) is 0. The van der Waals surface area contributed by atoms with Gasteiger partial charge in [0, 0.05) is 20.8 Å². The Morgan fingerprint density at radius 2 is 1.65 bits per heavy atom. The maximum Gasteiger partial charge on any atom is 0.245 e. The molecule has 0 spiro atoms. The van der Waals surface area contributed by atoms with E-state index in [1.165, 1.54) is 50.4 Å². The van der Waals surface area contributed by atoms with Crippen molar-refractivity contribution in [2.45, 2.75) is 17.9 Å². The van der Waals surface area contributed by atoms with Crippen LogP contribution in [0.1, 0.15) is 6.92 Å². The Balaban J connectivity index is 2.18. The van der Waals surface area contributed by atoms with Crippen molar-refractivity contribution in [3.8, 4) is 5.75 Å². The number of methoxy groups -OCH3 is 1. The second kappa shape index (κ2) is 8.45. The second-order valence-corrected chi connectivity index (χ2v) is 8.28. The van der Waals surface area contributed by atoms with Gasteiger partial charge in [-0.2, -0.15) is 4.72 Å². The molecule has 2 N–H and O–H groups in total. The molecule has 0 heterocycles. The Kier molecular flexibility index (Phi) is 6.76. The van der Waals surface area contributed by atoms with Crippen molar-refractivity contribution >= 4 is 56.4 Å². The molecule has 0 radical (unpaired) electrons. The standard InChI is InChI=1S/C16H15Cl3N2O4S/c1-9(16(22)20-13-6-11(18)5-12(19)7-13)21-26(23,24)15-8-10(17)3-4-14(15)25-2/h3-9,21H,1-2H3,(H,20,22)/t9-/m1/s1. The molecule has 1 atom stereocenters. The zero-order chi connectivity index (χ0) is 19.5. The number of hydrogen-bond acceptors (Lipinski definition) is 4. The molecular formula is C16H15Cl3N2O4S. The fraction of sp³-hybridized carbons (Fsp3) is 0.188. The summed E-state index contributed by atoms with van der Waals surface area (Å²) in [6.45, 7) is 1.40. The van der Waals surface area contributed by atoms with Crippen LogP contribution in [0.25, 0.3) is 0 Å². The molecule has 0 aliphatic rings. The molecule has 26 heavy (non-hydrogen) atoms. The van der Waals surface area contributed by atoms with Gasteiger partial charge in [-0.25, -0.2) is 8.42 Å². The zero-order valence-corrected chi connectivity index (χ0v) is 16.8. The lowest BCUT2D eigenvalue weighted by molar-refractivity contribution is -0.117. The summed E-state index contributed by atoms with van der Waals surface area (Å²) < 4.78 is 32.5. The number of halogens is 3. The van der Waals surface area contributed by atoms with Gasteiger partial charge in [-0.05, 0) is 43.3 Å². The zero-order valence-electron chi connectivity index (χ0n) is 13.7. The molecule has 6 nitrogen and oxygen atoms in total. The highest BCUT2D eigenvalue weighted by atomic mass is 35.5. The number of benzene rings is 2. The van der Waals surface area contributed by atoms with Crippen molar-refractivity contribution in [2.75, 3.05) is 12.4 Å². The van der Waals surface area contributed by atoms with E-state index < -0.39 is 22.0 Å². The average molecular weight is 438 g/mol. The Bertz CT molecular complexity index is 915. The number of rotatable bonds is 6. The Labute approximate surface area is 166 Å². The Hall–Kier alpha value is -1.51. The first-order valence-corrected chi connectivity index (χ1v) is 9.87. The van der Waals surface area contributed by atoms with Crippen LogP contribution < -0.4 is 14.8 Å². The van der Waals surface area contributed by atoms with Crippen LogP contribution in [-0.2, 0) is 14.8 Å². The van der Waals surface area contributed by atoms with Crippen molar-refractivity contribution in [3.05, 3.63) is 51.5 Å². The van der Waals surface area contributed by atoms with Gasteiger partial charge in [0.15, 0.2) is 0 Å². The maximum atomic E-state index is 12.6. The summed E-state index contributed by atoms with van der Waals surface area (Å²) >= 11 is 17.6. The van der Waals surface area contributed by atoms with Crippen LogP contribution in [0.15, 0.2) is 41.3 Å². The summed E-state index contributed by atoms with van der Waals surface area (Å²) in [5.41, 5.74) is 0.346. The third-order valence-corrected chi connectivity index (χ3v) is 5.50. The molecule has 0 aromatic heterocycles. The number of hydrogen-bond donors (Lipinski definition) is 2. The minimum absolute atomic E-state index is 0.108. The fourth-order valence-electron chi connectivity index (χ4n) is 2.09. The molecule has 1 amide bonds. The van der Waals surface area contributed by atoms with E-state index in [4.69, 9.17) is 39.5 Å². The van der Waals surface area contributed by atoms with Crippen LogP contribution in [0.5, 0.6) is 5.75 Å². The highest BCUT2D eigenvalue weighted by Gasteiger charge is 2.25. The number of nitrogens with one attached hydrogen (secondary N) is 2. The predicted molar refractivity (Wildman–Crippen MR) is 103 cm³/mol. The first kappa shape index (κ1) is 20.8. The average Bonchev–Trinajstić information content (AvgIpc) is 2.53. The van der Waals surface area contributed by atoms with Crippen LogP contribution in [0, 0.1) is 0 Å². The first-order valence-electron chi connectivity index (χ1n) is 7.25. The van der Waals surface area contributed by atoms with E-state index in [1.807, 2.05) is 0 Å². The van der Waals surface area contributed by atoms with Gasteiger partial charge in [0.25, 0.3) is 0 Å². The van der Waals surface area contributed by atoms with Gasteiger partial charge in [0.05, 0.1) is 13.2 Å². The minimum Gasteiger partial charge on any atom is -0.495 e. The number of carbonyl (C=O) groups is 1. The van der Waals surface area contributed by atoms with Crippen molar-refractivity contribution in [3.63, 3.8) is 0 Å². The van der Waals surface area contributed by atoms with E-state index >= 15 is 0 Å². The molecule has 140 valence electrons. The topological polar surface area (TPSA) is 84.5 Å². The molecule has 2 aromatic carbocycles. The molecule has 2 rings (SSSR count). The van der Waals surface area contributed by atoms with Crippen LogP contribution in [-0.4, -0.2) is 27.5 Å². The van der Waals surface area contributed by atoms with Crippen molar-refractivity contribution in [1.29, 1.82) is 0 Å². The second-order valence-electron chi connectivity index (χ2n) is 5.29. The van der Waals surface area contributed by atoms with Gasteiger partial charge in [-0.3, -0.25) is 4.79 Å². The maximum absolute atomic E-state index is 12.6. The number of anilines is 1. The largest absolute Gasteiger partial charge is 0.495 e. The van der Waals surface area contributed by atoms with E-state index in [1.54, 1.807) is 0 Å². The number of amides is 1. The molecular weight excluding hydrogens is 423 g/mol. The Morgan fingerprint density at radius 3 is 2.23 bits per heavy atom. The summed E-state index contributed by atoms with van der Waals surface area (Å²) in [5, 5.41) is 3.44. The SMILES string of the molecule is COc1ccc(Cl)cc1S(=O)(=O)N[C@H](C)C(=O)Nc1cc(Cl)cc(Cl)c1. The van der Waals surface area contributed by atoms with Crippen molar-refractivity contribution < 1.29 is 17.9 Å². The van der Waals surface area contributed by atoms with Gasteiger partial charge >= 0.3 is 0 Å². The van der Waals surface area contributed by atoms with Gasteiger partial charge in [-0.1, -0.05) is 34.8 Å². The van der Waals surface area contributed by atoms with E-state index in [-0.39, 0.29) is 15.7 Å². The molecule has 10 heteroatoms. The normalized spacial score (nSPS) is 12.5. The molecule has 0 unspecified atom stereocenters. The van der Waals surface area contributed by atoms with E-state index in [9.17, 15) is 13.2 Å². The molecule has 0 aliphatic heterocycles.